The van der Waals surface area contributed by atoms with E-state index in [1.54, 1.807) is 36.4 Å². The number of carbonyl (C=O) groups excluding carboxylic acids is 2. The third kappa shape index (κ3) is 4.80. The molecule has 6 heteroatoms. The Kier molecular flexibility index (Phi) is 6.27. The first-order valence-corrected chi connectivity index (χ1v) is 10.8. The highest BCUT2D eigenvalue weighted by Crippen LogP contribution is 2.34. The van der Waals surface area contributed by atoms with Gasteiger partial charge in [0.2, 0.25) is 0 Å². The number of benzene rings is 3. The molecule has 0 radical (unpaired) electrons. The smallest absolute Gasteiger partial charge is 0.282 e. The van der Waals surface area contributed by atoms with Gasteiger partial charge < -0.3 is 10.1 Å². The van der Waals surface area contributed by atoms with Crippen LogP contribution < -0.4 is 15.0 Å². The molecule has 0 spiro atoms. The van der Waals surface area contributed by atoms with Crippen molar-refractivity contribution in [3.8, 4) is 5.75 Å². The molecular formula is C27H25FN2O3. The van der Waals surface area contributed by atoms with Gasteiger partial charge in [-0.05, 0) is 66.9 Å². The van der Waals surface area contributed by atoms with Crippen LogP contribution in [0.4, 0.5) is 15.8 Å². The number of imide groups is 1. The average Bonchev–Trinajstić information content (AvgIpc) is 3.04. The van der Waals surface area contributed by atoms with Gasteiger partial charge in [0.15, 0.2) is 0 Å². The number of hydrogen-bond donors (Lipinski definition) is 1. The summed E-state index contributed by atoms with van der Waals surface area (Å²) in [5.41, 5.74) is 2.99. The lowest BCUT2D eigenvalue weighted by atomic mass is 10.0. The van der Waals surface area contributed by atoms with Crippen LogP contribution in [0.1, 0.15) is 25.0 Å². The third-order valence-electron chi connectivity index (χ3n) is 5.22. The number of anilines is 2. The van der Waals surface area contributed by atoms with Gasteiger partial charge in [-0.1, -0.05) is 43.7 Å². The monoisotopic (exact) mass is 444 g/mol. The van der Waals surface area contributed by atoms with Gasteiger partial charge in [0.25, 0.3) is 11.8 Å². The second-order valence-corrected chi connectivity index (χ2v) is 8.39. The first-order chi connectivity index (χ1) is 15.8. The van der Waals surface area contributed by atoms with Crippen LogP contribution in [0.3, 0.4) is 0 Å². The molecule has 1 aliphatic rings. The fourth-order valence-electron chi connectivity index (χ4n) is 3.50. The Hall–Kier alpha value is -3.93. The van der Waals surface area contributed by atoms with E-state index in [4.69, 9.17) is 4.74 Å². The largest absolute Gasteiger partial charge is 0.493 e. The minimum absolute atomic E-state index is 0.142. The van der Waals surface area contributed by atoms with Gasteiger partial charge in [-0.25, -0.2) is 9.29 Å². The van der Waals surface area contributed by atoms with Crippen molar-refractivity contribution in [1.29, 1.82) is 0 Å². The summed E-state index contributed by atoms with van der Waals surface area (Å²) in [7, 11) is 0. The Morgan fingerprint density at radius 3 is 2.12 bits per heavy atom. The molecular weight excluding hydrogens is 419 g/mol. The second-order valence-electron chi connectivity index (χ2n) is 8.39. The maximum Gasteiger partial charge on any atom is 0.282 e. The van der Waals surface area contributed by atoms with Gasteiger partial charge in [-0.15, -0.1) is 0 Å². The van der Waals surface area contributed by atoms with Crippen molar-refractivity contribution in [2.24, 2.45) is 5.92 Å². The van der Waals surface area contributed by atoms with Crippen LogP contribution in [-0.4, -0.2) is 18.4 Å². The predicted molar refractivity (Wildman–Crippen MR) is 127 cm³/mol. The van der Waals surface area contributed by atoms with Gasteiger partial charge in [0.1, 0.15) is 17.3 Å². The summed E-state index contributed by atoms with van der Waals surface area (Å²) in [6.07, 6.45) is 0. The van der Waals surface area contributed by atoms with E-state index in [0.717, 1.165) is 10.5 Å². The summed E-state index contributed by atoms with van der Waals surface area (Å²) >= 11 is 0. The summed E-state index contributed by atoms with van der Waals surface area (Å²) in [5.74, 6) is -0.210. The van der Waals surface area contributed by atoms with E-state index >= 15 is 0 Å². The SMILES string of the molecule is Cc1ccc(N2C(=O)C(Nc3ccc(F)cc3)=C(c3ccc(OCC(C)C)cc3)C2=O)cc1. The number of nitrogens with zero attached hydrogens (tertiary/aromatic N) is 1. The van der Waals surface area contributed by atoms with Crippen molar-refractivity contribution in [2.45, 2.75) is 20.8 Å². The number of rotatable bonds is 7. The molecule has 0 atom stereocenters. The molecule has 1 N–H and O–H groups in total. The first kappa shape index (κ1) is 22.3. The van der Waals surface area contributed by atoms with Crippen molar-refractivity contribution < 1.29 is 18.7 Å². The minimum atomic E-state index is -0.469. The molecule has 0 unspecified atom stereocenters. The molecule has 3 aromatic carbocycles. The molecule has 0 aromatic heterocycles. The summed E-state index contributed by atoms with van der Waals surface area (Å²) < 4.78 is 19.1. The van der Waals surface area contributed by atoms with Gasteiger partial charge in [0.05, 0.1) is 17.9 Å². The molecule has 5 nitrogen and oxygen atoms in total. The highest BCUT2D eigenvalue weighted by molar-refractivity contribution is 6.46. The molecule has 3 aromatic rings. The van der Waals surface area contributed by atoms with Crippen molar-refractivity contribution in [2.75, 3.05) is 16.8 Å². The van der Waals surface area contributed by atoms with Crippen LogP contribution in [-0.2, 0) is 9.59 Å². The molecule has 1 heterocycles. The Morgan fingerprint density at radius 1 is 0.879 bits per heavy atom. The van der Waals surface area contributed by atoms with Gasteiger partial charge in [-0.2, -0.15) is 0 Å². The molecule has 168 valence electrons. The summed E-state index contributed by atoms with van der Waals surface area (Å²) in [5, 5.41) is 3.03. The van der Waals surface area contributed by atoms with Gasteiger partial charge in [0, 0.05) is 5.69 Å². The van der Waals surface area contributed by atoms with Gasteiger partial charge >= 0.3 is 0 Å². The Bertz CT molecular complexity index is 1200. The maximum absolute atomic E-state index is 13.5. The van der Waals surface area contributed by atoms with Crippen LogP contribution in [0, 0.1) is 18.7 Å². The normalized spacial score (nSPS) is 13.8. The zero-order valence-corrected chi connectivity index (χ0v) is 18.8. The highest BCUT2D eigenvalue weighted by atomic mass is 19.1. The van der Waals surface area contributed by atoms with Crippen LogP contribution in [0.15, 0.2) is 78.5 Å². The van der Waals surface area contributed by atoms with Crippen molar-refractivity contribution in [1.82, 2.24) is 0 Å². The molecule has 0 bridgehead atoms. The lowest BCUT2D eigenvalue weighted by Gasteiger charge is -2.15. The molecule has 0 saturated carbocycles. The molecule has 0 fully saturated rings. The van der Waals surface area contributed by atoms with E-state index in [-0.39, 0.29) is 17.1 Å². The van der Waals surface area contributed by atoms with Crippen molar-refractivity contribution >= 4 is 28.8 Å². The Labute approximate surface area is 192 Å². The summed E-state index contributed by atoms with van der Waals surface area (Å²) in [6.45, 7) is 6.65. The lowest BCUT2D eigenvalue weighted by Crippen LogP contribution is -2.32. The maximum atomic E-state index is 13.5. The Balaban J connectivity index is 1.73. The van der Waals surface area contributed by atoms with E-state index in [2.05, 4.69) is 19.2 Å². The molecule has 1 aliphatic heterocycles. The first-order valence-electron chi connectivity index (χ1n) is 10.8. The number of nitrogens with one attached hydrogen (secondary N) is 1. The van der Waals surface area contributed by atoms with Gasteiger partial charge in [-0.3, -0.25) is 9.59 Å². The fraction of sp³-hybridized carbons (Fsp3) is 0.185. The number of halogens is 1. The molecule has 0 saturated heterocycles. The standard InChI is InChI=1S/C27H25FN2O3/c1-17(2)16-33-23-14-6-19(7-15-23)24-25(29-21-10-8-20(28)9-11-21)27(32)30(26(24)31)22-12-4-18(3)5-13-22/h4-15,17,29H,16H2,1-3H3. The topological polar surface area (TPSA) is 58.6 Å². The third-order valence-corrected chi connectivity index (χ3v) is 5.22. The van der Waals surface area contributed by atoms with Crippen LogP contribution in [0.2, 0.25) is 0 Å². The number of hydrogen-bond acceptors (Lipinski definition) is 4. The predicted octanol–water partition coefficient (Wildman–Crippen LogP) is 5.57. The number of aryl methyl sites for hydroxylation is 1. The average molecular weight is 445 g/mol. The highest BCUT2D eigenvalue weighted by Gasteiger charge is 2.40. The van der Waals surface area contributed by atoms with Crippen molar-refractivity contribution in [3.63, 3.8) is 0 Å². The van der Waals surface area contributed by atoms with Crippen LogP contribution in [0.5, 0.6) is 5.75 Å². The fourth-order valence-corrected chi connectivity index (χ4v) is 3.50. The summed E-state index contributed by atoms with van der Waals surface area (Å²) in [6, 6.07) is 19.9. The van der Waals surface area contributed by atoms with E-state index in [1.807, 2.05) is 19.1 Å². The van der Waals surface area contributed by atoms with E-state index in [0.29, 0.717) is 35.2 Å². The summed E-state index contributed by atoms with van der Waals surface area (Å²) in [4.78, 5) is 28.0. The Morgan fingerprint density at radius 2 is 1.52 bits per heavy atom. The number of ether oxygens (including phenoxy) is 1. The number of amides is 2. The van der Waals surface area contributed by atoms with Crippen molar-refractivity contribution in [3.05, 3.63) is 95.4 Å². The van der Waals surface area contributed by atoms with Crippen LogP contribution in [0.25, 0.3) is 5.57 Å². The molecule has 4 rings (SSSR count). The zero-order valence-electron chi connectivity index (χ0n) is 18.8. The minimum Gasteiger partial charge on any atom is -0.493 e. The van der Waals surface area contributed by atoms with E-state index in [9.17, 15) is 14.0 Å². The second kappa shape index (κ2) is 9.28. The zero-order chi connectivity index (χ0) is 23.5. The van der Waals surface area contributed by atoms with E-state index < -0.39 is 11.8 Å². The van der Waals surface area contributed by atoms with E-state index in [1.165, 1.54) is 24.3 Å². The molecule has 0 aliphatic carbocycles. The quantitative estimate of drug-likeness (QED) is 0.485. The molecule has 2 amide bonds. The lowest BCUT2D eigenvalue weighted by molar-refractivity contribution is -0.120. The van der Waals surface area contributed by atoms with Crippen LogP contribution >= 0.6 is 0 Å². The molecule has 33 heavy (non-hydrogen) atoms. The number of carbonyl (C=O) groups is 2.